The van der Waals surface area contributed by atoms with Crippen molar-refractivity contribution in [2.45, 2.75) is 30.4 Å². The zero-order valence-corrected chi connectivity index (χ0v) is 21.5. The maximum absolute atomic E-state index is 14.5. The Hall–Kier alpha value is -4.21. The normalized spacial score (nSPS) is 14.5. The Kier molecular flexibility index (Phi) is 7.25. The number of thioether (sulfide) groups is 1. The minimum absolute atomic E-state index is 0.0119. The minimum atomic E-state index is -0.581. The Labute approximate surface area is 228 Å². The van der Waals surface area contributed by atoms with Crippen LogP contribution in [0.4, 0.5) is 8.78 Å². The van der Waals surface area contributed by atoms with E-state index in [-0.39, 0.29) is 24.8 Å². The fourth-order valence-corrected chi connectivity index (χ4v) is 5.27. The van der Waals surface area contributed by atoms with Crippen molar-refractivity contribution >= 4 is 11.8 Å². The zero-order chi connectivity index (χ0) is 26.6. The Morgan fingerprint density at radius 2 is 1.64 bits per heavy atom. The molecule has 0 spiro atoms. The lowest BCUT2D eigenvalue weighted by Gasteiger charge is -2.28. The Balaban J connectivity index is 1.27. The number of hydrogen-bond donors (Lipinski definition) is 0. The zero-order valence-electron chi connectivity index (χ0n) is 20.7. The van der Waals surface area contributed by atoms with Gasteiger partial charge in [-0.3, -0.25) is 4.57 Å². The molecule has 1 atom stereocenters. The predicted octanol–water partition coefficient (Wildman–Crippen LogP) is 7.02. The first kappa shape index (κ1) is 25.1. The number of nitrogens with zero attached hydrogens (tertiary/aromatic N) is 3. The molecule has 2 heterocycles. The SMILES string of the molecule is Fc1cc2c(c(CSc3nnc(COc4ccccc4F)n3-c3ccccc3)c1)O[C@H](c1ccccc1)OC2. The largest absolute Gasteiger partial charge is 0.483 e. The van der Waals surface area contributed by atoms with Crippen molar-refractivity contribution in [3.05, 3.63) is 131 Å². The van der Waals surface area contributed by atoms with Gasteiger partial charge in [-0.15, -0.1) is 10.2 Å². The van der Waals surface area contributed by atoms with Gasteiger partial charge in [0.25, 0.3) is 0 Å². The van der Waals surface area contributed by atoms with Crippen LogP contribution in [0.3, 0.4) is 0 Å². The smallest absolute Gasteiger partial charge is 0.227 e. The Morgan fingerprint density at radius 3 is 2.44 bits per heavy atom. The molecule has 9 heteroatoms. The Bertz CT molecular complexity index is 1580. The molecule has 0 amide bonds. The van der Waals surface area contributed by atoms with Gasteiger partial charge in [0.05, 0.1) is 6.61 Å². The minimum Gasteiger partial charge on any atom is -0.483 e. The lowest BCUT2D eigenvalue weighted by Crippen LogP contribution is -2.19. The molecule has 0 saturated carbocycles. The molecular weight excluding hydrogens is 520 g/mol. The summed E-state index contributed by atoms with van der Waals surface area (Å²) in [5, 5.41) is 9.29. The van der Waals surface area contributed by atoms with E-state index in [1.807, 2.05) is 65.2 Å². The molecule has 0 aliphatic carbocycles. The molecular formula is C30H23F2N3O3S. The van der Waals surface area contributed by atoms with Crippen LogP contribution in [0.1, 0.15) is 28.8 Å². The highest BCUT2D eigenvalue weighted by Gasteiger charge is 2.26. The van der Waals surface area contributed by atoms with Crippen LogP contribution < -0.4 is 9.47 Å². The summed E-state index contributed by atoms with van der Waals surface area (Å²) in [4.78, 5) is 0. The molecule has 1 aliphatic heterocycles. The van der Waals surface area contributed by atoms with Gasteiger partial charge in [0.15, 0.2) is 22.5 Å². The summed E-state index contributed by atoms with van der Waals surface area (Å²) in [6.45, 7) is 0.250. The second-order valence-electron chi connectivity index (χ2n) is 8.80. The van der Waals surface area contributed by atoms with Gasteiger partial charge in [0.2, 0.25) is 6.29 Å². The number of ether oxygens (including phenoxy) is 3. The van der Waals surface area contributed by atoms with Gasteiger partial charge in [0, 0.05) is 28.1 Å². The van der Waals surface area contributed by atoms with Crippen LogP contribution in [0.2, 0.25) is 0 Å². The van der Waals surface area contributed by atoms with E-state index in [4.69, 9.17) is 14.2 Å². The highest BCUT2D eigenvalue weighted by atomic mass is 32.2. The molecule has 0 N–H and O–H groups in total. The molecule has 0 radical (unpaired) electrons. The second-order valence-corrected chi connectivity index (χ2v) is 9.74. The third-order valence-electron chi connectivity index (χ3n) is 6.16. The van der Waals surface area contributed by atoms with Crippen molar-refractivity contribution in [2.24, 2.45) is 0 Å². The molecule has 0 fully saturated rings. The lowest BCUT2D eigenvalue weighted by atomic mass is 10.1. The first-order chi connectivity index (χ1) is 19.2. The van der Waals surface area contributed by atoms with E-state index in [2.05, 4.69) is 10.2 Å². The highest BCUT2D eigenvalue weighted by Crippen LogP contribution is 2.39. The fraction of sp³-hybridized carbons (Fsp3) is 0.133. The first-order valence-corrected chi connectivity index (χ1v) is 13.3. The van der Waals surface area contributed by atoms with Crippen LogP contribution >= 0.6 is 11.8 Å². The molecule has 6 nitrogen and oxygen atoms in total. The van der Waals surface area contributed by atoms with E-state index in [9.17, 15) is 8.78 Å². The quantitative estimate of drug-likeness (QED) is 0.196. The standard InChI is InChI=1S/C30H23F2N3O3S/c31-23-15-21-17-37-29(20-9-3-1-4-10-20)38-28(21)22(16-23)19-39-30-34-33-27(35(30)24-11-5-2-6-12-24)18-36-26-14-8-7-13-25(26)32/h1-16,29H,17-19H2/t29-/m1/s1. The third-order valence-corrected chi connectivity index (χ3v) is 7.14. The Morgan fingerprint density at radius 1 is 0.897 bits per heavy atom. The van der Waals surface area contributed by atoms with E-state index >= 15 is 0 Å². The van der Waals surface area contributed by atoms with Gasteiger partial charge in [-0.25, -0.2) is 8.78 Å². The summed E-state index contributed by atoms with van der Waals surface area (Å²) < 4.78 is 48.3. The lowest BCUT2D eigenvalue weighted by molar-refractivity contribution is -0.112. The van der Waals surface area contributed by atoms with Crippen molar-refractivity contribution in [2.75, 3.05) is 0 Å². The van der Waals surface area contributed by atoms with E-state index in [0.717, 1.165) is 11.3 Å². The monoisotopic (exact) mass is 543 g/mol. The number of para-hydroxylation sites is 2. The summed E-state index contributed by atoms with van der Waals surface area (Å²) >= 11 is 1.39. The molecule has 39 heavy (non-hydrogen) atoms. The maximum Gasteiger partial charge on any atom is 0.227 e. The second kappa shape index (κ2) is 11.3. The molecule has 196 valence electrons. The number of fused-ring (bicyclic) bond motifs is 1. The topological polar surface area (TPSA) is 58.4 Å². The number of hydrogen-bond acceptors (Lipinski definition) is 6. The third kappa shape index (κ3) is 5.50. The first-order valence-electron chi connectivity index (χ1n) is 12.3. The van der Waals surface area contributed by atoms with Crippen molar-refractivity contribution in [1.82, 2.24) is 14.8 Å². The van der Waals surface area contributed by atoms with Crippen LogP contribution in [0.25, 0.3) is 5.69 Å². The van der Waals surface area contributed by atoms with E-state index in [1.54, 1.807) is 18.2 Å². The van der Waals surface area contributed by atoms with Gasteiger partial charge in [-0.1, -0.05) is 72.4 Å². The molecule has 4 aromatic carbocycles. The van der Waals surface area contributed by atoms with Crippen molar-refractivity contribution in [1.29, 1.82) is 0 Å². The number of halogens is 2. The van der Waals surface area contributed by atoms with Gasteiger partial charge in [-0.05, 0) is 36.4 Å². The van der Waals surface area contributed by atoms with Gasteiger partial charge in [0.1, 0.15) is 18.2 Å². The molecule has 5 aromatic rings. The highest BCUT2D eigenvalue weighted by molar-refractivity contribution is 7.98. The summed E-state index contributed by atoms with van der Waals surface area (Å²) in [7, 11) is 0. The summed E-state index contributed by atoms with van der Waals surface area (Å²) in [6, 6.07) is 28.3. The van der Waals surface area contributed by atoms with E-state index in [1.165, 1.54) is 30.0 Å². The van der Waals surface area contributed by atoms with Crippen LogP contribution in [0, 0.1) is 11.6 Å². The van der Waals surface area contributed by atoms with Crippen LogP contribution in [0.15, 0.2) is 102 Å². The average molecular weight is 544 g/mol. The summed E-state index contributed by atoms with van der Waals surface area (Å²) in [6.07, 6.45) is -0.581. The fourth-order valence-electron chi connectivity index (χ4n) is 4.33. The van der Waals surface area contributed by atoms with E-state index in [0.29, 0.717) is 33.6 Å². The van der Waals surface area contributed by atoms with Gasteiger partial charge in [-0.2, -0.15) is 0 Å². The van der Waals surface area contributed by atoms with Crippen LogP contribution in [-0.2, 0) is 23.7 Å². The molecule has 1 aliphatic rings. The van der Waals surface area contributed by atoms with Gasteiger partial charge >= 0.3 is 0 Å². The number of aromatic nitrogens is 3. The summed E-state index contributed by atoms with van der Waals surface area (Å²) in [5.74, 6) is 0.804. The van der Waals surface area contributed by atoms with Crippen molar-refractivity contribution in [3.8, 4) is 17.2 Å². The molecule has 0 unspecified atom stereocenters. The van der Waals surface area contributed by atoms with Crippen LogP contribution in [-0.4, -0.2) is 14.8 Å². The predicted molar refractivity (Wildman–Crippen MR) is 143 cm³/mol. The molecule has 1 aromatic heterocycles. The average Bonchev–Trinajstić information content (AvgIpc) is 3.39. The van der Waals surface area contributed by atoms with Crippen LogP contribution in [0.5, 0.6) is 11.5 Å². The van der Waals surface area contributed by atoms with Gasteiger partial charge < -0.3 is 14.2 Å². The number of benzene rings is 4. The van der Waals surface area contributed by atoms with Crippen molar-refractivity contribution in [3.63, 3.8) is 0 Å². The summed E-state index contributed by atoms with van der Waals surface area (Å²) in [5.41, 5.74) is 3.05. The van der Waals surface area contributed by atoms with Crippen molar-refractivity contribution < 1.29 is 23.0 Å². The molecule has 0 saturated heterocycles. The molecule has 6 rings (SSSR count). The van der Waals surface area contributed by atoms with E-state index < -0.39 is 12.1 Å². The maximum atomic E-state index is 14.5. The molecule has 0 bridgehead atoms. The number of rotatable bonds is 8.